The van der Waals surface area contributed by atoms with Crippen LogP contribution in [0, 0.1) is 0 Å². The smallest absolute Gasteiger partial charge is 0.399 e. The van der Waals surface area contributed by atoms with E-state index in [1.165, 1.54) is 11.3 Å². The number of nitrogens with zero attached hydrogens (tertiary/aromatic N) is 1. The van der Waals surface area contributed by atoms with Gasteiger partial charge in [-0.05, 0) is 50.9 Å². The van der Waals surface area contributed by atoms with Crippen molar-refractivity contribution in [2.75, 3.05) is 11.9 Å². The molecule has 1 heterocycles. The second kappa shape index (κ2) is 6.27. The molecule has 0 aromatic heterocycles. The standard InChI is InChI=1S/C20H26BNO2/c1-19(2)20(3,4)24-21(23-19)17-11-13-18(14-12-17)22(5)15-16-9-7-6-8-10-16/h6-14H,15H2,1-5H3. The number of hydrogen-bond donors (Lipinski definition) is 0. The lowest BCUT2D eigenvalue weighted by molar-refractivity contribution is 0.00578. The minimum absolute atomic E-state index is 0.302. The van der Waals surface area contributed by atoms with E-state index in [0.717, 1.165) is 12.0 Å². The summed E-state index contributed by atoms with van der Waals surface area (Å²) in [6, 6.07) is 18.9. The van der Waals surface area contributed by atoms with Gasteiger partial charge in [-0.2, -0.15) is 0 Å². The van der Waals surface area contributed by atoms with Crippen molar-refractivity contribution in [3.63, 3.8) is 0 Å². The fourth-order valence-corrected chi connectivity index (χ4v) is 2.81. The Kier molecular flexibility index (Phi) is 4.45. The highest BCUT2D eigenvalue weighted by molar-refractivity contribution is 6.62. The number of benzene rings is 2. The van der Waals surface area contributed by atoms with Crippen molar-refractivity contribution in [2.45, 2.75) is 45.4 Å². The molecule has 0 aliphatic carbocycles. The van der Waals surface area contributed by atoms with Crippen molar-refractivity contribution < 1.29 is 9.31 Å². The molecule has 0 radical (unpaired) electrons. The Morgan fingerprint density at radius 2 is 1.38 bits per heavy atom. The van der Waals surface area contributed by atoms with Crippen LogP contribution in [0.5, 0.6) is 0 Å². The van der Waals surface area contributed by atoms with Crippen LogP contribution in [0.3, 0.4) is 0 Å². The van der Waals surface area contributed by atoms with Crippen LogP contribution < -0.4 is 10.4 Å². The Morgan fingerprint density at radius 1 is 0.833 bits per heavy atom. The van der Waals surface area contributed by atoms with E-state index in [0.29, 0.717) is 0 Å². The number of rotatable bonds is 4. The van der Waals surface area contributed by atoms with E-state index in [1.807, 2.05) is 6.07 Å². The third-order valence-electron chi connectivity index (χ3n) is 5.12. The van der Waals surface area contributed by atoms with Gasteiger partial charge in [-0.3, -0.25) is 0 Å². The first kappa shape index (κ1) is 17.1. The van der Waals surface area contributed by atoms with E-state index in [4.69, 9.17) is 9.31 Å². The summed E-state index contributed by atoms with van der Waals surface area (Å²) < 4.78 is 12.2. The van der Waals surface area contributed by atoms with Gasteiger partial charge in [0, 0.05) is 19.3 Å². The lowest BCUT2D eigenvalue weighted by atomic mass is 9.79. The highest BCUT2D eigenvalue weighted by Crippen LogP contribution is 2.36. The highest BCUT2D eigenvalue weighted by Gasteiger charge is 2.51. The third kappa shape index (κ3) is 3.35. The average Bonchev–Trinajstić information content (AvgIpc) is 2.76. The van der Waals surface area contributed by atoms with E-state index in [-0.39, 0.29) is 18.3 Å². The monoisotopic (exact) mass is 323 g/mol. The molecule has 2 aromatic rings. The largest absolute Gasteiger partial charge is 0.494 e. The second-order valence-corrected chi connectivity index (χ2v) is 7.52. The maximum absolute atomic E-state index is 6.11. The van der Waals surface area contributed by atoms with Crippen LogP contribution >= 0.6 is 0 Å². The molecule has 1 aliphatic heterocycles. The Bertz CT molecular complexity index is 667. The summed E-state index contributed by atoms with van der Waals surface area (Å²) in [5.41, 5.74) is 2.93. The van der Waals surface area contributed by atoms with Gasteiger partial charge in [0.15, 0.2) is 0 Å². The zero-order chi connectivity index (χ0) is 17.4. The maximum atomic E-state index is 6.11. The molecule has 0 amide bonds. The zero-order valence-electron chi connectivity index (χ0n) is 15.2. The molecule has 0 saturated carbocycles. The molecule has 0 bridgehead atoms. The first-order chi connectivity index (χ1) is 11.3. The Balaban J connectivity index is 1.70. The molecule has 0 N–H and O–H groups in total. The number of hydrogen-bond acceptors (Lipinski definition) is 3. The second-order valence-electron chi connectivity index (χ2n) is 7.52. The highest BCUT2D eigenvalue weighted by atomic mass is 16.7. The van der Waals surface area contributed by atoms with Crippen molar-refractivity contribution in [1.29, 1.82) is 0 Å². The first-order valence-corrected chi connectivity index (χ1v) is 8.49. The molecule has 0 atom stereocenters. The van der Waals surface area contributed by atoms with E-state index >= 15 is 0 Å². The van der Waals surface area contributed by atoms with Crippen LogP contribution in [-0.2, 0) is 15.9 Å². The number of anilines is 1. The van der Waals surface area contributed by atoms with Crippen LogP contribution in [0.4, 0.5) is 5.69 Å². The zero-order valence-corrected chi connectivity index (χ0v) is 15.2. The quantitative estimate of drug-likeness (QED) is 0.802. The van der Waals surface area contributed by atoms with Crippen LogP contribution in [-0.4, -0.2) is 25.4 Å². The maximum Gasteiger partial charge on any atom is 0.494 e. The van der Waals surface area contributed by atoms with E-state index in [2.05, 4.69) is 88.2 Å². The lowest BCUT2D eigenvalue weighted by Crippen LogP contribution is -2.41. The van der Waals surface area contributed by atoms with Gasteiger partial charge >= 0.3 is 7.12 Å². The molecule has 3 rings (SSSR count). The molecule has 0 unspecified atom stereocenters. The van der Waals surface area contributed by atoms with Crippen molar-refractivity contribution in [3.8, 4) is 0 Å². The third-order valence-corrected chi connectivity index (χ3v) is 5.12. The molecular formula is C20H26BNO2. The Hall–Kier alpha value is -1.78. The summed E-state index contributed by atoms with van der Waals surface area (Å²) in [7, 11) is 1.81. The van der Waals surface area contributed by atoms with Gasteiger partial charge in [-0.1, -0.05) is 42.5 Å². The minimum Gasteiger partial charge on any atom is -0.399 e. The summed E-state index contributed by atoms with van der Waals surface area (Å²) >= 11 is 0. The van der Waals surface area contributed by atoms with Crippen molar-refractivity contribution in [1.82, 2.24) is 0 Å². The molecule has 1 fully saturated rings. The topological polar surface area (TPSA) is 21.7 Å². The molecule has 126 valence electrons. The van der Waals surface area contributed by atoms with Crippen molar-refractivity contribution in [2.24, 2.45) is 0 Å². The van der Waals surface area contributed by atoms with Gasteiger partial charge in [0.1, 0.15) is 0 Å². The molecule has 1 saturated heterocycles. The molecule has 3 nitrogen and oxygen atoms in total. The van der Waals surface area contributed by atoms with Gasteiger partial charge in [0.25, 0.3) is 0 Å². The first-order valence-electron chi connectivity index (χ1n) is 8.49. The van der Waals surface area contributed by atoms with Crippen molar-refractivity contribution >= 4 is 18.3 Å². The molecule has 24 heavy (non-hydrogen) atoms. The van der Waals surface area contributed by atoms with E-state index < -0.39 is 0 Å². The van der Waals surface area contributed by atoms with Gasteiger partial charge < -0.3 is 14.2 Å². The Morgan fingerprint density at radius 3 is 1.92 bits per heavy atom. The minimum atomic E-state index is -0.305. The van der Waals surface area contributed by atoms with Crippen LogP contribution in [0.1, 0.15) is 33.3 Å². The molecular weight excluding hydrogens is 297 g/mol. The summed E-state index contributed by atoms with van der Waals surface area (Å²) in [6.07, 6.45) is 0. The van der Waals surface area contributed by atoms with Gasteiger partial charge in [0.2, 0.25) is 0 Å². The van der Waals surface area contributed by atoms with Gasteiger partial charge in [-0.25, -0.2) is 0 Å². The molecule has 2 aromatic carbocycles. The summed E-state index contributed by atoms with van der Waals surface area (Å²) in [4.78, 5) is 2.24. The summed E-state index contributed by atoms with van der Waals surface area (Å²) in [5.74, 6) is 0. The van der Waals surface area contributed by atoms with Crippen LogP contribution in [0.25, 0.3) is 0 Å². The molecule has 0 spiro atoms. The van der Waals surface area contributed by atoms with E-state index in [1.54, 1.807) is 0 Å². The van der Waals surface area contributed by atoms with Gasteiger partial charge in [0.05, 0.1) is 11.2 Å². The Labute approximate surface area is 145 Å². The molecule has 4 heteroatoms. The lowest BCUT2D eigenvalue weighted by Gasteiger charge is -2.32. The summed E-state index contributed by atoms with van der Waals surface area (Å²) in [6.45, 7) is 9.20. The van der Waals surface area contributed by atoms with Gasteiger partial charge in [-0.15, -0.1) is 0 Å². The predicted molar refractivity (Wildman–Crippen MR) is 101 cm³/mol. The fourth-order valence-electron chi connectivity index (χ4n) is 2.81. The van der Waals surface area contributed by atoms with Crippen LogP contribution in [0.15, 0.2) is 54.6 Å². The SMILES string of the molecule is CN(Cc1ccccc1)c1ccc(B2OC(C)(C)C(C)(C)O2)cc1. The van der Waals surface area contributed by atoms with Crippen molar-refractivity contribution in [3.05, 3.63) is 60.2 Å². The van der Waals surface area contributed by atoms with E-state index in [9.17, 15) is 0 Å². The molecule has 1 aliphatic rings. The normalized spacial score (nSPS) is 18.6. The average molecular weight is 323 g/mol. The fraction of sp³-hybridized carbons (Fsp3) is 0.400. The predicted octanol–water partition coefficient (Wildman–Crippen LogP) is 3.62. The summed E-state index contributed by atoms with van der Waals surface area (Å²) in [5, 5.41) is 0. The van der Waals surface area contributed by atoms with Crippen LogP contribution in [0.2, 0.25) is 0 Å².